The number of nitro groups is 1. The lowest BCUT2D eigenvalue weighted by molar-refractivity contribution is -0.387. The zero-order chi connectivity index (χ0) is 14.7. The molecule has 4 nitrogen and oxygen atoms in total. The maximum Gasteiger partial charge on any atom is 0.305 e. The second-order valence-electron chi connectivity index (χ2n) is 3.99. The molecule has 2 aromatic rings. The lowest BCUT2D eigenvalue weighted by Gasteiger charge is -2.09. The average molecular weight is 299 g/mol. The number of hydrogen-bond acceptors (Lipinski definition) is 3. The van der Waals surface area contributed by atoms with Crippen molar-refractivity contribution >= 4 is 23.0 Å². The maximum absolute atomic E-state index is 13.8. The zero-order valence-electron chi connectivity index (χ0n) is 10.1. The molecule has 0 aromatic heterocycles. The highest BCUT2D eigenvalue weighted by Crippen LogP contribution is 2.25. The summed E-state index contributed by atoms with van der Waals surface area (Å²) in [5.41, 5.74) is -0.0481. The van der Waals surface area contributed by atoms with Gasteiger partial charge in [0.25, 0.3) is 0 Å². The number of nitro benzene ring substituents is 1. The van der Waals surface area contributed by atoms with Crippen LogP contribution in [0.3, 0.4) is 0 Å². The summed E-state index contributed by atoms with van der Waals surface area (Å²) in [5.74, 6) is -1.38. The normalized spacial score (nSPS) is 10.3. The van der Waals surface area contributed by atoms with Gasteiger partial charge in [-0.1, -0.05) is 23.7 Å². The van der Waals surface area contributed by atoms with Gasteiger partial charge < -0.3 is 5.32 Å². The van der Waals surface area contributed by atoms with Gasteiger partial charge in [-0.05, 0) is 18.2 Å². The summed E-state index contributed by atoms with van der Waals surface area (Å²) in [6.07, 6.45) is 0. The van der Waals surface area contributed by atoms with E-state index in [1.165, 1.54) is 24.3 Å². The molecule has 20 heavy (non-hydrogen) atoms. The van der Waals surface area contributed by atoms with Crippen molar-refractivity contribution in [3.05, 3.63) is 68.7 Å². The first-order valence-corrected chi connectivity index (χ1v) is 5.97. The van der Waals surface area contributed by atoms with Gasteiger partial charge in [-0.2, -0.15) is 4.39 Å². The molecule has 0 saturated heterocycles. The van der Waals surface area contributed by atoms with Gasteiger partial charge in [0.05, 0.1) is 15.6 Å². The molecular weight excluding hydrogens is 290 g/mol. The maximum atomic E-state index is 13.8. The molecule has 0 atom stereocenters. The van der Waals surface area contributed by atoms with Crippen LogP contribution in [0.5, 0.6) is 0 Å². The highest BCUT2D eigenvalue weighted by atomic mass is 35.5. The Morgan fingerprint density at radius 1 is 1.25 bits per heavy atom. The van der Waals surface area contributed by atoms with E-state index in [-0.39, 0.29) is 17.1 Å². The second-order valence-corrected chi connectivity index (χ2v) is 4.39. The Labute approximate surface area is 118 Å². The largest absolute Gasteiger partial charge is 0.380 e. The number of hydrogen-bond donors (Lipinski definition) is 1. The number of anilines is 1. The number of nitrogens with zero attached hydrogens (tertiary/aromatic N) is 1. The minimum atomic E-state index is -0.900. The first-order chi connectivity index (χ1) is 9.49. The van der Waals surface area contributed by atoms with E-state index < -0.39 is 22.2 Å². The van der Waals surface area contributed by atoms with E-state index in [0.29, 0.717) is 5.69 Å². The van der Waals surface area contributed by atoms with Gasteiger partial charge in [0.1, 0.15) is 5.82 Å². The standard InChI is InChI=1S/C13H9ClF2N2O2/c14-10-6-9(15)4-5-11(10)17-7-8-2-1-3-12(13(8)16)18(19)20/h1-6,17H,7H2. The molecule has 0 heterocycles. The molecule has 0 aliphatic heterocycles. The Hall–Kier alpha value is -2.21. The summed E-state index contributed by atoms with van der Waals surface area (Å²) >= 11 is 5.81. The Balaban J connectivity index is 2.19. The van der Waals surface area contributed by atoms with Crippen LogP contribution in [0.2, 0.25) is 5.02 Å². The number of benzene rings is 2. The van der Waals surface area contributed by atoms with Gasteiger partial charge in [-0.25, -0.2) is 4.39 Å². The predicted molar refractivity (Wildman–Crippen MR) is 71.8 cm³/mol. The van der Waals surface area contributed by atoms with Crippen molar-refractivity contribution in [3.8, 4) is 0 Å². The third kappa shape index (κ3) is 3.03. The lowest BCUT2D eigenvalue weighted by Crippen LogP contribution is -2.04. The van der Waals surface area contributed by atoms with E-state index in [0.717, 1.165) is 12.1 Å². The Morgan fingerprint density at radius 3 is 2.65 bits per heavy atom. The van der Waals surface area contributed by atoms with Crippen LogP contribution < -0.4 is 5.32 Å². The predicted octanol–water partition coefficient (Wildman–Crippen LogP) is 4.14. The molecule has 104 valence electrons. The summed E-state index contributed by atoms with van der Waals surface area (Å²) in [6.45, 7) is -0.00113. The van der Waals surface area contributed by atoms with Crippen LogP contribution >= 0.6 is 11.6 Å². The minimum absolute atomic E-state index is 0.00113. The summed E-state index contributed by atoms with van der Waals surface area (Å²) < 4.78 is 26.7. The van der Waals surface area contributed by atoms with Crippen LogP contribution in [0.25, 0.3) is 0 Å². The van der Waals surface area contributed by atoms with Crippen LogP contribution in [-0.2, 0) is 6.54 Å². The van der Waals surface area contributed by atoms with Crippen LogP contribution in [0.15, 0.2) is 36.4 Å². The van der Waals surface area contributed by atoms with Crippen LogP contribution in [-0.4, -0.2) is 4.92 Å². The Kier molecular flexibility index (Phi) is 4.14. The molecule has 2 rings (SSSR count). The Morgan fingerprint density at radius 2 is 2.00 bits per heavy atom. The SMILES string of the molecule is O=[N+]([O-])c1cccc(CNc2ccc(F)cc2Cl)c1F. The van der Waals surface area contributed by atoms with Crippen LogP contribution in [0.4, 0.5) is 20.2 Å². The van der Waals surface area contributed by atoms with E-state index >= 15 is 0 Å². The number of nitrogens with one attached hydrogen (secondary N) is 1. The van der Waals surface area contributed by atoms with Gasteiger partial charge in [0, 0.05) is 18.2 Å². The van der Waals surface area contributed by atoms with Crippen molar-refractivity contribution in [2.75, 3.05) is 5.32 Å². The molecule has 0 spiro atoms. The second kappa shape index (κ2) is 5.83. The van der Waals surface area contributed by atoms with E-state index in [4.69, 9.17) is 11.6 Å². The first-order valence-electron chi connectivity index (χ1n) is 5.59. The monoisotopic (exact) mass is 298 g/mol. The summed E-state index contributed by atoms with van der Waals surface area (Å²) in [7, 11) is 0. The molecule has 0 fully saturated rings. The summed E-state index contributed by atoms with van der Waals surface area (Å²) in [4.78, 5) is 9.83. The molecule has 7 heteroatoms. The lowest BCUT2D eigenvalue weighted by atomic mass is 10.2. The highest BCUT2D eigenvalue weighted by molar-refractivity contribution is 6.33. The van der Waals surface area contributed by atoms with Crippen molar-refractivity contribution in [1.82, 2.24) is 0 Å². The third-order valence-corrected chi connectivity index (χ3v) is 2.97. The number of rotatable bonds is 4. The van der Waals surface area contributed by atoms with Gasteiger partial charge in [0.2, 0.25) is 5.82 Å². The minimum Gasteiger partial charge on any atom is -0.380 e. The number of halogens is 3. The van der Waals surface area contributed by atoms with Gasteiger partial charge in [-0.15, -0.1) is 0 Å². The third-order valence-electron chi connectivity index (χ3n) is 2.66. The smallest absolute Gasteiger partial charge is 0.305 e. The molecule has 0 amide bonds. The molecule has 0 saturated carbocycles. The fourth-order valence-corrected chi connectivity index (χ4v) is 1.90. The summed E-state index contributed by atoms with van der Waals surface area (Å²) in [6, 6.07) is 7.64. The first kappa shape index (κ1) is 14.2. The van der Waals surface area contributed by atoms with E-state index in [1.54, 1.807) is 0 Å². The van der Waals surface area contributed by atoms with Crippen molar-refractivity contribution in [2.24, 2.45) is 0 Å². The van der Waals surface area contributed by atoms with E-state index in [2.05, 4.69) is 5.32 Å². The quantitative estimate of drug-likeness (QED) is 0.682. The van der Waals surface area contributed by atoms with Crippen LogP contribution in [0.1, 0.15) is 5.56 Å². The van der Waals surface area contributed by atoms with Crippen molar-refractivity contribution in [1.29, 1.82) is 0 Å². The fraction of sp³-hybridized carbons (Fsp3) is 0.0769. The van der Waals surface area contributed by atoms with Crippen LogP contribution in [0, 0.1) is 21.7 Å². The van der Waals surface area contributed by atoms with Gasteiger partial charge in [-0.3, -0.25) is 10.1 Å². The molecule has 1 N–H and O–H groups in total. The van der Waals surface area contributed by atoms with Crippen molar-refractivity contribution in [3.63, 3.8) is 0 Å². The van der Waals surface area contributed by atoms with Gasteiger partial charge in [0.15, 0.2) is 0 Å². The molecule has 2 aromatic carbocycles. The zero-order valence-corrected chi connectivity index (χ0v) is 10.8. The van der Waals surface area contributed by atoms with Crippen molar-refractivity contribution in [2.45, 2.75) is 6.54 Å². The van der Waals surface area contributed by atoms with Gasteiger partial charge >= 0.3 is 5.69 Å². The molecule has 0 unspecified atom stereocenters. The summed E-state index contributed by atoms with van der Waals surface area (Å²) in [5, 5.41) is 13.6. The van der Waals surface area contributed by atoms with E-state index in [9.17, 15) is 18.9 Å². The topological polar surface area (TPSA) is 55.2 Å². The average Bonchev–Trinajstić information content (AvgIpc) is 2.39. The fourth-order valence-electron chi connectivity index (χ4n) is 1.67. The molecule has 0 bridgehead atoms. The highest BCUT2D eigenvalue weighted by Gasteiger charge is 2.17. The van der Waals surface area contributed by atoms with E-state index in [1.807, 2.05) is 0 Å². The van der Waals surface area contributed by atoms with Crippen molar-refractivity contribution < 1.29 is 13.7 Å². The molecular formula is C13H9ClF2N2O2. The molecule has 0 radical (unpaired) electrons. The molecule has 0 aliphatic rings. The Bertz CT molecular complexity index is 665. The molecule has 0 aliphatic carbocycles.